The molecule has 2 N–H and O–H groups in total. The van der Waals surface area contributed by atoms with Crippen molar-refractivity contribution in [3.05, 3.63) is 65.5 Å². The molecule has 0 radical (unpaired) electrons. The van der Waals surface area contributed by atoms with Gasteiger partial charge in [-0.1, -0.05) is 0 Å². The fourth-order valence-electron chi connectivity index (χ4n) is 7.19. The summed E-state index contributed by atoms with van der Waals surface area (Å²) in [6.45, 7) is 1.37. The molecule has 8 nitrogen and oxygen atoms in total. The zero-order valence-corrected chi connectivity index (χ0v) is 24.4. The van der Waals surface area contributed by atoms with Crippen LogP contribution in [0.5, 0.6) is 5.75 Å². The molecule has 2 unspecified atom stereocenters. The number of likely N-dealkylation sites (tertiary alicyclic amines) is 1. The summed E-state index contributed by atoms with van der Waals surface area (Å²) < 4.78 is 51.6. The van der Waals surface area contributed by atoms with Crippen LogP contribution in [-0.2, 0) is 13.6 Å². The van der Waals surface area contributed by atoms with Crippen molar-refractivity contribution >= 4 is 28.0 Å². The molecule has 2 bridgehead atoms. The van der Waals surface area contributed by atoms with Crippen molar-refractivity contribution in [2.24, 2.45) is 24.6 Å². The van der Waals surface area contributed by atoms with Gasteiger partial charge in [-0.15, -0.1) is 0 Å². The first-order valence-electron chi connectivity index (χ1n) is 15.0. The first-order valence-corrected chi connectivity index (χ1v) is 15.0. The van der Waals surface area contributed by atoms with E-state index >= 15 is 0 Å². The number of ether oxygens (including phenoxy) is 1. The third-order valence-corrected chi connectivity index (χ3v) is 9.71. The molecule has 1 saturated heterocycles. The Morgan fingerprint density at radius 3 is 2.45 bits per heavy atom. The zero-order chi connectivity index (χ0) is 30.4. The minimum Gasteiger partial charge on any atom is -0.494 e. The molecule has 3 aliphatic rings. The molecule has 2 aromatic carbocycles. The van der Waals surface area contributed by atoms with Crippen LogP contribution in [0.4, 0.5) is 13.2 Å². The van der Waals surface area contributed by atoms with E-state index in [1.807, 2.05) is 34.7 Å². The van der Waals surface area contributed by atoms with Crippen molar-refractivity contribution in [3.8, 4) is 28.5 Å². The number of hydrogen-bond acceptors (Lipinski definition) is 5. The average Bonchev–Trinajstić information content (AvgIpc) is 3.42. The number of pyridine rings is 1. The van der Waals surface area contributed by atoms with E-state index in [9.17, 15) is 18.0 Å². The number of methoxy groups -OCH3 is 1. The molecular formula is C33H31F3N6O2. The lowest BCUT2D eigenvalue weighted by atomic mass is 10.1. The van der Waals surface area contributed by atoms with Gasteiger partial charge in [-0.3, -0.25) is 4.79 Å². The van der Waals surface area contributed by atoms with E-state index in [1.165, 1.54) is 0 Å². The molecule has 8 rings (SSSR count). The van der Waals surface area contributed by atoms with Gasteiger partial charge in [0.25, 0.3) is 5.91 Å². The number of nitrogens with two attached hydrogens (primary N) is 1. The number of nitrogens with zero attached hydrogens (tertiary/aromatic N) is 5. The van der Waals surface area contributed by atoms with Crippen molar-refractivity contribution in [2.45, 2.75) is 44.3 Å². The van der Waals surface area contributed by atoms with Gasteiger partial charge in [0.15, 0.2) is 23.3 Å². The number of carbonyl (C=O) groups is 1. The van der Waals surface area contributed by atoms with E-state index in [-0.39, 0.29) is 23.6 Å². The minimum atomic E-state index is -1.51. The van der Waals surface area contributed by atoms with E-state index in [0.717, 1.165) is 54.4 Å². The Morgan fingerprint density at radius 1 is 1.02 bits per heavy atom. The molecule has 11 heteroatoms. The molecular weight excluding hydrogens is 569 g/mol. The second-order valence-electron chi connectivity index (χ2n) is 12.4. The van der Waals surface area contributed by atoms with Gasteiger partial charge < -0.3 is 24.5 Å². The van der Waals surface area contributed by atoms with Crippen LogP contribution in [0, 0.1) is 29.3 Å². The highest BCUT2D eigenvalue weighted by Crippen LogP contribution is 2.40. The molecule has 3 fully saturated rings. The van der Waals surface area contributed by atoms with Crippen molar-refractivity contribution in [3.63, 3.8) is 0 Å². The topological polar surface area (TPSA) is 91.2 Å². The highest BCUT2D eigenvalue weighted by molar-refractivity contribution is 6.00. The first kappa shape index (κ1) is 27.2. The van der Waals surface area contributed by atoms with Crippen LogP contribution in [0.15, 0.2) is 42.5 Å². The predicted octanol–water partition coefficient (Wildman–Crippen LogP) is 5.65. The smallest absolute Gasteiger partial charge is 0.254 e. The number of hydrogen-bond donors (Lipinski definition) is 1. The second kappa shape index (κ2) is 9.82. The summed E-state index contributed by atoms with van der Waals surface area (Å²) in [7, 11) is 3.50. The number of rotatable bonds is 6. The molecule has 1 amide bonds. The van der Waals surface area contributed by atoms with Crippen LogP contribution in [0.3, 0.4) is 0 Å². The Labute approximate surface area is 251 Å². The Bertz CT molecular complexity index is 1970. The highest BCUT2D eigenvalue weighted by atomic mass is 19.2. The number of halogens is 3. The molecule has 0 spiro atoms. The zero-order valence-electron chi connectivity index (χ0n) is 24.4. The van der Waals surface area contributed by atoms with Gasteiger partial charge in [-0.25, -0.2) is 23.1 Å². The van der Waals surface area contributed by atoms with Gasteiger partial charge in [0.2, 0.25) is 0 Å². The number of amides is 1. The maximum atomic E-state index is 14.1. The van der Waals surface area contributed by atoms with E-state index < -0.39 is 17.5 Å². The Morgan fingerprint density at radius 2 is 1.80 bits per heavy atom. The van der Waals surface area contributed by atoms with E-state index in [0.29, 0.717) is 58.9 Å². The summed E-state index contributed by atoms with van der Waals surface area (Å²) in [5.41, 5.74) is 10.2. The van der Waals surface area contributed by atoms with Gasteiger partial charge in [-0.2, -0.15) is 0 Å². The quantitative estimate of drug-likeness (QED) is 0.254. The fraction of sp³-hybridized carbons (Fsp3) is 0.364. The third-order valence-electron chi connectivity index (χ3n) is 9.71. The maximum Gasteiger partial charge on any atom is 0.254 e. The number of aromatic nitrogens is 4. The molecule has 2 aliphatic carbocycles. The molecule has 3 aromatic heterocycles. The molecule has 44 heavy (non-hydrogen) atoms. The standard InChI is InChI=1S/C33H31F3N6O2/c1-40-30-24(11-20(13-27(30)44-2)33(43)42-15-18-6-8-25(42)29(18)37)39-32(40)26-12-17-5-7-23(19-9-21(34)28(36)22(35)10-19)38-31(17)41(26)14-16-3-4-16/h5,7,9-13,16,18,25,29H,3-4,6,8,14-15,37H2,1-2H3/t18?,25?,29-/m1/s1. The molecule has 5 aromatic rings. The van der Waals surface area contributed by atoms with Crippen LogP contribution in [0.25, 0.3) is 44.8 Å². The van der Waals surface area contributed by atoms with E-state index in [4.69, 9.17) is 20.4 Å². The van der Waals surface area contributed by atoms with Crippen LogP contribution in [0.1, 0.15) is 36.0 Å². The van der Waals surface area contributed by atoms with Crippen LogP contribution >= 0.6 is 0 Å². The van der Waals surface area contributed by atoms with Gasteiger partial charge in [0.1, 0.15) is 16.9 Å². The van der Waals surface area contributed by atoms with Gasteiger partial charge >= 0.3 is 0 Å². The van der Waals surface area contributed by atoms with Crippen molar-refractivity contribution in [1.82, 2.24) is 24.0 Å². The first-order chi connectivity index (χ1) is 21.2. The van der Waals surface area contributed by atoms with Crippen LogP contribution in [0.2, 0.25) is 0 Å². The van der Waals surface area contributed by atoms with Gasteiger partial charge in [-0.05, 0) is 80.0 Å². The molecule has 2 saturated carbocycles. The normalized spacial score (nSPS) is 21.2. The van der Waals surface area contributed by atoms with Gasteiger partial charge in [0.05, 0.1) is 24.0 Å². The SMILES string of the molecule is COc1cc(C(=O)N2CC3CCC2[C@@H]3N)cc2nc(-c3cc4ccc(-c5cc(F)c(F)c(F)c5)nc4n3CC3CC3)n(C)c12. The average molecular weight is 601 g/mol. The summed E-state index contributed by atoms with van der Waals surface area (Å²) in [5.74, 6) is -2.05. The van der Waals surface area contributed by atoms with Crippen LogP contribution in [-0.4, -0.2) is 55.6 Å². The van der Waals surface area contributed by atoms with Crippen molar-refractivity contribution in [1.29, 1.82) is 0 Å². The number of piperidine rings is 1. The number of benzene rings is 2. The molecule has 226 valence electrons. The lowest BCUT2D eigenvalue weighted by molar-refractivity contribution is 0.0700. The van der Waals surface area contributed by atoms with Gasteiger partial charge in [0, 0.05) is 48.7 Å². The molecule has 4 heterocycles. The molecule has 1 aliphatic heterocycles. The number of imidazole rings is 1. The fourth-order valence-corrected chi connectivity index (χ4v) is 7.19. The Kier molecular flexibility index (Phi) is 6.07. The Hall–Kier alpha value is -4.38. The van der Waals surface area contributed by atoms with Crippen molar-refractivity contribution in [2.75, 3.05) is 13.7 Å². The summed E-state index contributed by atoms with van der Waals surface area (Å²) in [6, 6.07) is 11.1. The lowest BCUT2D eigenvalue weighted by Crippen LogP contribution is -2.41. The minimum absolute atomic E-state index is 0.0228. The molecule has 3 atom stereocenters. The highest BCUT2D eigenvalue weighted by Gasteiger charge is 2.47. The summed E-state index contributed by atoms with van der Waals surface area (Å²) >= 11 is 0. The Balaban J connectivity index is 1.24. The summed E-state index contributed by atoms with van der Waals surface area (Å²) in [5, 5.41) is 0.836. The third kappa shape index (κ3) is 4.12. The maximum absolute atomic E-state index is 14.1. The largest absolute Gasteiger partial charge is 0.494 e. The van der Waals surface area contributed by atoms with Crippen molar-refractivity contribution < 1.29 is 22.7 Å². The summed E-state index contributed by atoms with van der Waals surface area (Å²) in [6.07, 6.45) is 4.18. The van der Waals surface area contributed by atoms with Crippen LogP contribution < -0.4 is 10.5 Å². The predicted molar refractivity (Wildman–Crippen MR) is 160 cm³/mol. The monoisotopic (exact) mass is 600 g/mol. The van der Waals surface area contributed by atoms with E-state index in [1.54, 1.807) is 19.2 Å². The van der Waals surface area contributed by atoms with E-state index in [2.05, 4.69) is 4.57 Å². The second-order valence-corrected chi connectivity index (χ2v) is 12.4. The number of fused-ring (bicyclic) bond motifs is 4. The lowest BCUT2D eigenvalue weighted by Gasteiger charge is -2.27. The summed E-state index contributed by atoms with van der Waals surface area (Å²) in [4.78, 5) is 25.4. The number of carbonyl (C=O) groups excluding carboxylic acids is 1. The number of aryl methyl sites for hydroxylation is 1.